The van der Waals surface area contributed by atoms with E-state index in [4.69, 9.17) is 4.74 Å². The van der Waals surface area contributed by atoms with Gasteiger partial charge in [0.05, 0.1) is 7.11 Å². The smallest absolute Gasteiger partial charge is 0.251 e. The molecule has 0 atom stereocenters. The highest BCUT2D eigenvalue weighted by molar-refractivity contribution is 6.08. The zero-order chi connectivity index (χ0) is 13.7. The third-order valence-corrected chi connectivity index (χ3v) is 3.16. The van der Waals surface area contributed by atoms with Crippen LogP contribution in [0.25, 0.3) is 10.8 Å². The van der Waals surface area contributed by atoms with E-state index >= 15 is 0 Å². The van der Waals surface area contributed by atoms with Crippen LogP contribution >= 0.6 is 0 Å². The fourth-order valence-electron chi connectivity index (χ4n) is 2.13. The zero-order valence-electron chi connectivity index (χ0n) is 11.4. The predicted molar refractivity (Wildman–Crippen MR) is 77.7 cm³/mol. The molecule has 0 heterocycles. The lowest BCUT2D eigenvalue weighted by atomic mass is 10.0. The van der Waals surface area contributed by atoms with Gasteiger partial charge in [-0.2, -0.15) is 0 Å². The summed E-state index contributed by atoms with van der Waals surface area (Å²) < 4.78 is 5.33. The summed E-state index contributed by atoms with van der Waals surface area (Å²) >= 11 is 0. The van der Waals surface area contributed by atoms with Crippen LogP contribution in [0.3, 0.4) is 0 Å². The maximum absolute atomic E-state index is 12.2. The number of hydrogen-bond donors (Lipinski definition) is 1. The van der Waals surface area contributed by atoms with Crippen molar-refractivity contribution in [3.63, 3.8) is 0 Å². The molecule has 0 bridgehead atoms. The topological polar surface area (TPSA) is 38.3 Å². The second-order valence-corrected chi connectivity index (χ2v) is 4.47. The highest BCUT2D eigenvalue weighted by Crippen LogP contribution is 2.27. The number of amides is 1. The van der Waals surface area contributed by atoms with Crippen molar-refractivity contribution >= 4 is 16.7 Å². The number of rotatable bonds is 5. The Balaban J connectivity index is 2.36. The number of benzene rings is 2. The lowest BCUT2D eigenvalue weighted by Crippen LogP contribution is -2.24. The first-order chi connectivity index (χ1) is 9.27. The molecule has 0 radical (unpaired) electrons. The van der Waals surface area contributed by atoms with Crippen molar-refractivity contribution < 1.29 is 9.53 Å². The van der Waals surface area contributed by atoms with Crippen LogP contribution in [0, 0.1) is 0 Å². The van der Waals surface area contributed by atoms with Crippen LogP contribution < -0.4 is 10.1 Å². The molecule has 19 heavy (non-hydrogen) atoms. The number of nitrogens with one attached hydrogen (secondary N) is 1. The first-order valence-corrected chi connectivity index (χ1v) is 6.62. The normalized spacial score (nSPS) is 10.4. The third kappa shape index (κ3) is 2.87. The van der Waals surface area contributed by atoms with Gasteiger partial charge in [0.2, 0.25) is 0 Å². The van der Waals surface area contributed by atoms with Crippen LogP contribution in [0.1, 0.15) is 30.1 Å². The molecule has 1 amide bonds. The number of carbonyl (C=O) groups is 1. The minimum absolute atomic E-state index is 0.0210. The van der Waals surface area contributed by atoms with E-state index in [1.807, 2.05) is 36.4 Å². The van der Waals surface area contributed by atoms with Gasteiger partial charge in [-0.15, -0.1) is 0 Å². The molecule has 0 fully saturated rings. The Labute approximate surface area is 113 Å². The van der Waals surface area contributed by atoms with Crippen LogP contribution in [0.2, 0.25) is 0 Å². The quantitative estimate of drug-likeness (QED) is 0.834. The average Bonchev–Trinajstić information content (AvgIpc) is 2.46. The SMILES string of the molecule is CCCCNC(=O)c1cccc2c(OC)cccc12. The summed E-state index contributed by atoms with van der Waals surface area (Å²) in [4.78, 5) is 12.2. The van der Waals surface area contributed by atoms with Gasteiger partial charge in [0.15, 0.2) is 0 Å². The molecule has 0 aliphatic carbocycles. The average molecular weight is 257 g/mol. The molecule has 0 aliphatic rings. The molecular formula is C16H19NO2. The molecule has 3 nitrogen and oxygen atoms in total. The van der Waals surface area contributed by atoms with E-state index in [0.29, 0.717) is 5.56 Å². The molecule has 1 N–H and O–H groups in total. The largest absolute Gasteiger partial charge is 0.496 e. The third-order valence-electron chi connectivity index (χ3n) is 3.16. The van der Waals surface area contributed by atoms with Gasteiger partial charge >= 0.3 is 0 Å². The standard InChI is InChI=1S/C16H19NO2/c1-3-4-11-17-16(18)14-9-5-8-13-12(14)7-6-10-15(13)19-2/h5-10H,3-4,11H2,1-2H3,(H,17,18). The van der Waals surface area contributed by atoms with Crippen LogP contribution in [0.5, 0.6) is 5.75 Å². The predicted octanol–water partition coefficient (Wildman–Crippen LogP) is 3.38. The molecule has 0 saturated carbocycles. The molecule has 0 unspecified atom stereocenters. The van der Waals surface area contributed by atoms with Gasteiger partial charge in [0.1, 0.15) is 5.75 Å². The van der Waals surface area contributed by atoms with E-state index in [1.165, 1.54) is 0 Å². The summed E-state index contributed by atoms with van der Waals surface area (Å²) in [6, 6.07) is 11.5. The molecule has 2 aromatic rings. The number of methoxy groups -OCH3 is 1. The number of fused-ring (bicyclic) bond motifs is 1. The van der Waals surface area contributed by atoms with Gasteiger partial charge < -0.3 is 10.1 Å². The Hall–Kier alpha value is -2.03. The van der Waals surface area contributed by atoms with Crippen LogP contribution in [-0.4, -0.2) is 19.6 Å². The molecule has 100 valence electrons. The minimum Gasteiger partial charge on any atom is -0.496 e. The van der Waals surface area contributed by atoms with E-state index in [9.17, 15) is 4.79 Å². The highest BCUT2D eigenvalue weighted by atomic mass is 16.5. The summed E-state index contributed by atoms with van der Waals surface area (Å²) in [5.41, 5.74) is 0.701. The molecule has 2 rings (SSSR count). The Kier molecular flexibility index (Phi) is 4.39. The van der Waals surface area contributed by atoms with Crippen molar-refractivity contribution in [2.24, 2.45) is 0 Å². The van der Waals surface area contributed by atoms with Crippen molar-refractivity contribution in [1.29, 1.82) is 0 Å². The molecule has 0 spiro atoms. The summed E-state index contributed by atoms with van der Waals surface area (Å²) in [5.74, 6) is 0.771. The molecule has 0 saturated heterocycles. The first kappa shape index (κ1) is 13.4. The van der Waals surface area contributed by atoms with Gasteiger partial charge in [-0.1, -0.05) is 37.6 Å². The van der Waals surface area contributed by atoms with Gasteiger partial charge in [-0.05, 0) is 23.9 Å². The number of ether oxygens (including phenoxy) is 1. The summed E-state index contributed by atoms with van der Waals surface area (Å²) in [6.45, 7) is 2.82. The molecule has 2 aromatic carbocycles. The lowest BCUT2D eigenvalue weighted by molar-refractivity contribution is 0.0955. The molecule has 3 heteroatoms. The Morgan fingerprint density at radius 1 is 1.16 bits per heavy atom. The summed E-state index contributed by atoms with van der Waals surface area (Å²) in [7, 11) is 1.64. The zero-order valence-corrected chi connectivity index (χ0v) is 11.4. The fraction of sp³-hybridized carbons (Fsp3) is 0.312. The Morgan fingerprint density at radius 3 is 2.63 bits per heavy atom. The van der Waals surface area contributed by atoms with E-state index in [-0.39, 0.29) is 5.91 Å². The van der Waals surface area contributed by atoms with Crippen LogP contribution in [0.15, 0.2) is 36.4 Å². The van der Waals surface area contributed by atoms with Gasteiger partial charge in [-0.3, -0.25) is 4.79 Å². The molecule has 0 aliphatic heterocycles. The van der Waals surface area contributed by atoms with E-state index in [2.05, 4.69) is 12.2 Å². The van der Waals surface area contributed by atoms with Crippen molar-refractivity contribution in [3.05, 3.63) is 42.0 Å². The number of unbranched alkanes of at least 4 members (excludes halogenated alkanes) is 1. The number of carbonyl (C=O) groups excluding carboxylic acids is 1. The minimum atomic E-state index is -0.0210. The second-order valence-electron chi connectivity index (χ2n) is 4.47. The maximum atomic E-state index is 12.2. The lowest BCUT2D eigenvalue weighted by Gasteiger charge is -2.10. The first-order valence-electron chi connectivity index (χ1n) is 6.62. The monoisotopic (exact) mass is 257 g/mol. The molecule has 0 aromatic heterocycles. The summed E-state index contributed by atoms with van der Waals surface area (Å²) in [6.07, 6.45) is 2.07. The van der Waals surface area contributed by atoms with E-state index in [0.717, 1.165) is 35.9 Å². The van der Waals surface area contributed by atoms with Crippen molar-refractivity contribution in [1.82, 2.24) is 5.32 Å². The van der Waals surface area contributed by atoms with Crippen molar-refractivity contribution in [2.75, 3.05) is 13.7 Å². The van der Waals surface area contributed by atoms with Gasteiger partial charge in [-0.25, -0.2) is 0 Å². The highest BCUT2D eigenvalue weighted by Gasteiger charge is 2.10. The van der Waals surface area contributed by atoms with Crippen molar-refractivity contribution in [2.45, 2.75) is 19.8 Å². The fourth-order valence-corrected chi connectivity index (χ4v) is 2.13. The van der Waals surface area contributed by atoms with E-state index in [1.54, 1.807) is 7.11 Å². The van der Waals surface area contributed by atoms with Gasteiger partial charge in [0.25, 0.3) is 5.91 Å². The van der Waals surface area contributed by atoms with Crippen LogP contribution in [0.4, 0.5) is 0 Å². The molecular weight excluding hydrogens is 238 g/mol. The Morgan fingerprint density at radius 2 is 1.89 bits per heavy atom. The van der Waals surface area contributed by atoms with Crippen molar-refractivity contribution in [3.8, 4) is 5.75 Å². The van der Waals surface area contributed by atoms with Crippen LogP contribution in [-0.2, 0) is 0 Å². The Bertz CT molecular complexity index is 578. The van der Waals surface area contributed by atoms with Gasteiger partial charge in [0, 0.05) is 17.5 Å². The second kappa shape index (κ2) is 6.23. The maximum Gasteiger partial charge on any atom is 0.251 e. The number of hydrogen-bond acceptors (Lipinski definition) is 2. The summed E-state index contributed by atoms with van der Waals surface area (Å²) in [5, 5.41) is 4.84. The van der Waals surface area contributed by atoms with E-state index < -0.39 is 0 Å².